The third kappa shape index (κ3) is 43.5. The van der Waals surface area contributed by atoms with Gasteiger partial charge in [0.15, 0.2) is 12.1 Å². The van der Waals surface area contributed by atoms with E-state index in [1.165, 1.54) is 70.6 Å². The maximum Gasteiger partial charge on any atom is 0.362 e. The summed E-state index contributed by atoms with van der Waals surface area (Å²) in [5.41, 5.74) is 0. The third-order valence-electron chi connectivity index (χ3n) is 10.8. The number of likely N-dealkylation sites (N-methyl/N-ethyl adjacent to an activating group) is 1. The lowest BCUT2D eigenvalue weighted by Crippen LogP contribution is -2.50. The molecule has 0 aliphatic carbocycles. The summed E-state index contributed by atoms with van der Waals surface area (Å²) in [5.74, 6) is -1.54. The summed E-state index contributed by atoms with van der Waals surface area (Å²) >= 11 is 0. The molecule has 0 aromatic rings. The zero-order valence-corrected chi connectivity index (χ0v) is 41.0. The Balaban J connectivity index is 4.38. The molecule has 0 rings (SSSR count). The van der Waals surface area contributed by atoms with Gasteiger partial charge in [0, 0.05) is 19.3 Å². The van der Waals surface area contributed by atoms with Crippen LogP contribution in [0, 0.1) is 0 Å². The minimum atomic E-state index is -0.885. The van der Waals surface area contributed by atoms with Crippen molar-refractivity contribution in [2.45, 2.75) is 206 Å². The minimum Gasteiger partial charge on any atom is -0.477 e. The Labute approximate surface area is 386 Å². The molecule has 0 bridgehead atoms. The minimum absolute atomic E-state index is 0.0395. The van der Waals surface area contributed by atoms with Crippen LogP contribution in [0.2, 0.25) is 0 Å². The van der Waals surface area contributed by atoms with Gasteiger partial charge in [-0.3, -0.25) is 9.59 Å². The predicted octanol–water partition coefficient (Wildman–Crippen LogP) is 14.5. The first kappa shape index (κ1) is 59.5. The summed E-state index contributed by atoms with van der Waals surface area (Å²) in [6.07, 6.45) is 59.2. The van der Waals surface area contributed by atoms with E-state index in [0.29, 0.717) is 25.7 Å². The van der Waals surface area contributed by atoms with Gasteiger partial charge < -0.3 is 23.8 Å². The summed E-state index contributed by atoms with van der Waals surface area (Å²) in [5, 5.41) is 9.65. The molecule has 0 saturated carbocycles. The fourth-order valence-corrected chi connectivity index (χ4v) is 6.91. The second-order valence-corrected chi connectivity index (χ2v) is 17.7. The number of carbonyl (C=O) groups excluding carboxylic acids is 2. The van der Waals surface area contributed by atoms with Gasteiger partial charge in [-0.25, -0.2) is 4.79 Å². The zero-order valence-electron chi connectivity index (χ0n) is 41.0. The highest BCUT2D eigenvalue weighted by atomic mass is 16.6. The molecule has 0 saturated heterocycles. The Hall–Kier alpha value is -3.49. The topological polar surface area (TPSA) is 99.1 Å². The van der Waals surface area contributed by atoms with Gasteiger partial charge in [0.25, 0.3) is 0 Å². The Kier molecular flexibility index (Phi) is 42.6. The normalized spacial score (nSPS) is 13.6. The highest BCUT2D eigenvalue weighted by Gasteiger charge is 2.31. The van der Waals surface area contributed by atoms with Gasteiger partial charge in [0.1, 0.15) is 6.61 Å². The molecular weight excluding hydrogens is 787 g/mol. The average Bonchev–Trinajstić information content (AvgIpc) is 3.24. The zero-order chi connectivity index (χ0) is 46.3. The number of esters is 2. The molecule has 0 radical (unpaired) electrons. The molecule has 1 N–H and O–H groups in total. The van der Waals surface area contributed by atoms with E-state index in [-0.39, 0.29) is 36.2 Å². The number of quaternary nitrogens is 1. The molecule has 0 fully saturated rings. The molecule has 0 aliphatic heterocycles. The van der Waals surface area contributed by atoms with E-state index in [1.54, 1.807) is 0 Å². The van der Waals surface area contributed by atoms with Crippen LogP contribution in [-0.2, 0) is 28.6 Å². The monoisotopic (exact) mass is 881 g/mol. The van der Waals surface area contributed by atoms with Crippen LogP contribution in [-0.4, -0.2) is 80.6 Å². The lowest BCUT2D eigenvalue weighted by atomic mass is 10.1. The number of hydrogen-bond acceptors (Lipinski definition) is 6. The number of aliphatic carboxylic acids is 1. The molecule has 0 aromatic heterocycles. The van der Waals surface area contributed by atoms with Gasteiger partial charge in [-0.05, 0) is 89.9 Å². The average molecular weight is 881 g/mol. The van der Waals surface area contributed by atoms with Gasteiger partial charge in [0.2, 0.25) is 0 Å². The largest absolute Gasteiger partial charge is 0.477 e. The van der Waals surface area contributed by atoms with Gasteiger partial charge in [0.05, 0.1) is 34.4 Å². The smallest absolute Gasteiger partial charge is 0.362 e. The number of rotatable bonds is 44. The molecule has 8 heteroatoms. The van der Waals surface area contributed by atoms with Crippen LogP contribution in [0.25, 0.3) is 0 Å². The summed E-state index contributed by atoms with van der Waals surface area (Å²) < 4.78 is 17.3. The van der Waals surface area contributed by atoms with Crippen molar-refractivity contribution in [1.82, 2.24) is 0 Å². The van der Waals surface area contributed by atoms with Gasteiger partial charge >= 0.3 is 17.9 Å². The first-order valence-corrected chi connectivity index (χ1v) is 25.1. The second kappa shape index (κ2) is 45.1. The van der Waals surface area contributed by atoms with Crippen LogP contribution in [0.1, 0.15) is 194 Å². The van der Waals surface area contributed by atoms with Crippen molar-refractivity contribution in [3.63, 3.8) is 0 Å². The molecule has 0 aromatic carbocycles. The van der Waals surface area contributed by atoms with E-state index in [1.807, 2.05) is 21.1 Å². The van der Waals surface area contributed by atoms with Gasteiger partial charge in [-0.2, -0.15) is 0 Å². The summed E-state index contributed by atoms with van der Waals surface area (Å²) in [6.45, 7) is 4.57. The van der Waals surface area contributed by atoms with Crippen molar-refractivity contribution in [2.24, 2.45) is 0 Å². The highest BCUT2D eigenvalue weighted by molar-refractivity contribution is 5.72. The van der Waals surface area contributed by atoms with Crippen LogP contribution in [0.4, 0.5) is 0 Å². The van der Waals surface area contributed by atoms with E-state index in [0.717, 1.165) is 83.5 Å². The molecule has 0 aliphatic rings. The number of allylic oxidation sites excluding steroid dienone is 14. The fraction of sp³-hybridized carbons (Fsp3) is 0.691. The molecular formula is C55H94NO7+. The molecule has 360 valence electrons. The van der Waals surface area contributed by atoms with E-state index in [4.69, 9.17) is 14.2 Å². The van der Waals surface area contributed by atoms with E-state index < -0.39 is 18.1 Å². The number of unbranched alkanes of at least 4 members (excludes halogenated alkanes) is 16. The Morgan fingerprint density at radius 2 is 0.889 bits per heavy atom. The number of hydrogen-bond donors (Lipinski definition) is 1. The van der Waals surface area contributed by atoms with Crippen LogP contribution in [0.3, 0.4) is 0 Å². The molecule has 2 unspecified atom stereocenters. The second-order valence-electron chi connectivity index (χ2n) is 17.7. The Morgan fingerprint density at radius 3 is 1.37 bits per heavy atom. The van der Waals surface area contributed by atoms with Crippen molar-refractivity contribution in [3.05, 3.63) is 85.1 Å². The van der Waals surface area contributed by atoms with Crippen molar-refractivity contribution in [2.75, 3.05) is 41.0 Å². The molecule has 2 atom stereocenters. The lowest BCUT2D eigenvalue weighted by molar-refractivity contribution is -0.887. The maximum atomic E-state index is 12.8. The molecule has 0 heterocycles. The van der Waals surface area contributed by atoms with Crippen LogP contribution in [0.5, 0.6) is 0 Å². The van der Waals surface area contributed by atoms with Gasteiger partial charge in [-0.15, -0.1) is 0 Å². The van der Waals surface area contributed by atoms with E-state index in [9.17, 15) is 19.5 Å². The molecule has 63 heavy (non-hydrogen) atoms. The van der Waals surface area contributed by atoms with Crippen LogP contribution < -0.4 is 0 Å². The van der Waals surface area contributed by atoms with Crippen molar-refractivity contribution < 1.29 is 38.2 Å². The van der Waals surface area contributed by atoms with E-state index in [2.05, 4.69) is 98.9 Å². The summed E-state index contributed by atoms with van der Waals surface area (Å²) in [4.78, 5) is 37.1. The highest BCUT2D eigenvalue weighted by Crippen LogP contribution is 2.14. The number of carboxylic acids is 1. The summed E-state index contributed by atoms with van der Waals surface area (Å²) in [7, 11) is 5.51. The SMILES string of the molecule is CC/C=C/C/C=C/C/C=C/C/C=C/C/C=C/C/C=C/CCCCC(=O)OCC(COCCC(C(=O)O)[N+](C)(C)C)OC(=O)CCCCCCC/C=C/CCCCCCCCCCC. The van der Waals surface area contributed by atoms with Crippen molar-refractivity contribution in [1.29, 1.82) is 0 Å². The number of carboxylic acid groups (broad SMARTS) is 1. The number of carbonyl (C=O) groups is 3. The predicted molar refractivity (Wildman–Crippen MR) is 266 cm³/mol. The molecule has 0 spiro atoms. The Bertz CT molecular complexity index is 1300. The first-order valence-electron chi connectivity index (χ1n) is 25.1. The third-order valence-corrected chi connectivity index (χ3v) is 10.8. The quantitative estimate of drug-likeness (QED) is 0.0282. The standard InChI is InChI=1S/C55H93NO7/c1-6-8-10-12-14-16-18-20-22-24-26-27-28-30-31-33-35-37-39-41-43-45-53(57)62-50-51(49-61-48-47-52(55(59)60)56(3,4)5)63-54(58)46-44-42-40-38-36-34-32-29-25-23-21-19-17-15-13-11-9-7-2/h8,10,14,16,20,22,26-27,29-32,35,37,51-52H,6-7,9,11-13,15,17-19,21,23-25,28,33-34,36,38-50H2,1-5H3/p+1/b10-8+,16-14+,22-20+,27-26+,31-30+,32-29+,37-35+. The van der Waals surface area contributed by atoms with Crippen molar-refractivity contribution >= 4 is 17.9 Å². The summed E-state index contributed by atoms with van der Waals surface area (Å²) in [6, 6.07) is -0.627. The van der Waals surface area contributed by atoms with Crippen LogP contribution >= 0.6 is 0 Å². The lowest BCUT2D eigenvalue weighted by Gasteiger charge is -2.31. The van der Waals surface area contributed by atoms with Crippen molar-refractivity contribution in [3.8, 4) is 0 Å². The maximum absolute atomic E-state index is 12.8. The van der Waals surface area contributed by atoms with Crippen LogP contribution in [0.15, 0.2) is 85.1 Å². The van der Waals surface area contributed by atoms with Gasteiger partial charge in [-0.1, -0.05) is 170 Å². The number of nitrogens with zero attached hydrogens (tertiary/aromatic N) is 1. The first-order chi connectivity index (χ1) is 30.6. The Morgan fingerprint density at radius 1 is 0.492 bits per heavy atom. The molecule has 8 nitrogen and oxygen atoms in total. The molecule has 0 amide bonds. The fourth-order valence-electron chi connectivity index (χ4n) is 6.91. The number of ether oxygens (including phenoxy) is 3. The van der Waals surface area contributed by atoms with E-state index >= 15 is 0 Å².